The number of aryl methyl sites for hydroxylation is 1. The molecule has 0 saturated carbocycles. The third kappa shape index (κ3) is 3.68. The van der Waals surface area contributed by atoms with Gasteiger partial charge in [0, 0.05) is 23.5 Å². The minimum Gasteiger partial charge on any atom is -0.466 e. The minimum absolute atomic E-state index is 0.301. The van der Waals surface area contributed by atoms with Gasteiger partial charge in [0.2, 0.25) is 0 Å². The molecule has 3 rings (SSSR count). The predicted molar refractivity (Wildman–Crippen MR) is 96.6 cm³/mol. The summed E-state index contributed by atoms with van der Waals surface area (Å²) in [5.41, 5.74) is 1.36. The zero-order valence-corrected chi connectivity index (χ0v) is 15.6. The van der Waals surface area contributed by atoms with Gasteiger partial charge >= 0.3 is 12.0 Å². The van der Waals surface area contributed by atoms with Gasteiger partial charge in [0.05, 0.1) is 18.7 Å². The first-order valence-corrected chi connectivity index (χ1v) is 8.97. The molecule has 8 nitrogen and oxygen atoms in total. The van der Waals surface area contributed by atoms with Crippen LogP contribution in [0, 0.1) is 0 Å². The Morgan fingerprint density at radius 2 is 2.19 bits per heavy atom. The Bertz CT molecular complexity index is 882. The number of nitrogens with zero attached hydrogens (tertiary/aromatic N) is 3. The summed E-state index contributed by atoms with van der Waals surface area (Å²) < 4.78 is 6.54. The van der Waals surface area contributed by atoms with E-state index in [4.69, 9.17) is 16.3 Å². The van der Waals surface area contributed by atoms with Gasteiger partial charge in [-0.3, -0.25) is 0 Å². The number of hydrogen-bond donors (Lipinski definition) is 2. The number of halogens is 1. The lowest BCUT2D eigenvalue weighted by molar-refractivity contribution is -0.136. The van der Waals surface area contributed by atoms with E-state index in [1.54, 1.807) is 36.0 Å². The Morgan fingerprint density at radius 1 is 1.42 bits per heavy atom. The van der Waals surface area contributed by atoms with Crippen molar-refractivity contribution < 1.29 is 14.3 Å². The first-order valence-electron chi connectivity index (χ1n) is 7.61. The molecular formula is C16H16ClN5O3S. The van der Waals surface area contributed by atoms with Crippen molar-refractivity contribution in [2.24, 2.45) is 7.05 Å². The molecule has 1 aromatic carbocycles. The monoisotopic (exact) mass is 393 g/mol. The molecule has 1 aliphatic rings. The van der Waals surface area contributed by atoms with Crippen molar-refractivity contribution in [3.05, 3.63) is 52.4 Å². The molecule has 136 valence electrons. The zero-order valence-electron chi connectivity index (χ0n) is 14.0. The highest BCUT2D eigenvalue weighted by Crippen LogP contribution is 2.33. The third-order valence-electron chi connectivity index (χ3n) is 3.79. The molecule has 2 heterocycles. The molecule has 2 aromatic rings. The van der Waals surface area contributed by atoms with Gasteiger partial charge in [0.25, 0.3) is 0 Å². The Morgan fingerprint density at radius 3 is 2.85 bits per heavy atom. The van der Waals surface area contributed by atoms with Crippen LogP contribution in [0.4, 0.5) is 4.79 Å². The number of esters is 1. The van der Waals surface area contributed by atoms with Gasteiger partial charge in [-0.15, -0.1) is 0 Å². The number of thioether (sulfide) groups is 1. The molecule has 0 spiro atoms. The molecule has 10 heteroatoms. The Kier molecular flexibility index (Phi) is 5.48. The number of ether oxygens (including phenoxy) is 1. The number of urea groups is 1. The lowest BCUT2D eigenvalue weighted by Gasteiger charge is -2.29. The van der Waals surface area contributed by atoms with Gasteiger partial charge in [-0.25, -0.2) is 19.3 Å². The van der Waals surface area contributed by atoms with Crippen molar-refractivity contribution in [3.8, 4) is 0 Å². The number of carbonyl (C=O) groups excluding carboxylic acids is 2. The summed E-state index contributed by atoms with van der Waals surface area (Å²) in [7, 11) is 3.06. The van der Waals surface area contributed by atoms with Crippen LogP contribution < -0.4 is 10.6 Å². The van der Waals surface area contributed by atoms with Crippen LogP contribution in [0.3, 0.4) is 0 Å². The summed E-state index contributed by atoms with van der Waals surface area (Å²) in [5, 5.41) is 10.5. The van der Waals surface area contributed by atoms with Gasteiger partial charge in [-0.2, -0.15) is 5.10 Å². The van der Waals surface area contributed by atoms with E-state index in [0.29, 0.717) is 32.8 Å². The number of aromatic nitrogens is 3. The SMILES string of the molecule is COC(=O)C1=C(CSc2ncnn2C)NC(=O)NC1c1ccccc1Cl. The number of amides is 2. The fourth-order valence-corrected chi connectivity index (χ4v) is 3.68. The molecule has 26 heavy (non-hydrogen) atoms. The van der Waals surface area contributed by atoms with E-state index in [-0.39, 0.29) is 0 Å². The molecule has 0 fully saturated rings. The molecule has 2 N–H and O–H groups in total. The quantitative estimate of drug-likeness (QED) is 0.596. The highest BCUT2D eigenvalue weighted by molar-refractivity contribution is 7.99. The number of nitrogens with one attached hydrogen (secondary N) is 2. The maximum atomic E-state index is 12.5. The maximum absolute atomic E-state index is 12.5. The number of hydrogen-bond acceptors (Lipinski definition) is 6. The first-order chi connectivity index (χ1) is 12.5. The largest absolute Gasteiger partial charge is 0.466 e. The summed E-state index contributed by atoms with van der Waals surface area (Å²) in [6.07, 6.45) is 1.44. The van der Waals surface area contributed by atoms with Gasteiger partial charge in [-0.05, 0) is 11.6 Å². The Labute approximate surface area is 159 Å². The van der Waals surface area contributed by atoms with Crippen LogP contribution in [0.25, 0.3) is 0 Å². The number of rotatable bonds is 5. The normalized spacial score (nSPS) is 16.9. The van der Waals surface area contributed by atoms with Crippen LogP contribution in [0.2, 0.25) is 5.02 Å². The van der Waals surface area contributed by atoms with E-state index < -0.39 is 18.0 Å². The highest BCUT2D eigenvalue weighted by Gasteiger charge is 2.34. The molecule has 0 aliphatic carbocycles. The second-order valence-electron chi connectivity index (χ2n) is 5.39. The van der Waals surface area contributed by atoms with E-state index in [0.717, 1.165) is 0 Å². The fraction of sp³-hybridized carbons (Fsp3) is 0.250. The van der Waals surface area contributed by atoms with Crippen LogP contribution in [0.5, 0.6) is 0 Å². The zero-order chi connectivity index (χ0) is 18.7. The Hall–Kier alpha value is -2.52. The molecule has 2 amide bonds. The average molecular weight is 394 g/mol. The number of carbonyl (C=O) groups is 2. The predicted octanol–water partition coefficient (Wildman–Crippen LogP) is 2.04. The maximum Gasteiger partial charge on any atom is 0.338 e. The minimum atomic E-state index is -0.708. The molecule has 1 unspecified atom stereocenters. The standard InChI is InChI=1S/C16H16ClN5O3S/c1-22-16(18-8-19-22)26-7-11-12(14(23)25-2)13(21-15(24)20-11)9-5-3-4-6-10(9)17/h3-6,8,13H,7H2,1-2H3,(H2,20,21,24). The van der Waals surface area contributed by atoms with Crippen molar-refractivity contribution >= 4 is 35.4 Å². The van der Waals surface area contributed by atoms with Crippen molar-refractivity contribution in [2.75, 3.05) is 12.9 Å². The van der Waals surface area contributed by atoms with Crippen molar-refractivity contribution in [2.45, 2.75) is 11.2 Å². The fourth-order valence-electron chi connectivity index (χ4n) is 2.58. The van der Waals surface area contributed by atoms with E-state index in [1.807, 2.05) is 0 Å². The molecule has 0 bridgehead atoms. The van der Waals surface area contributed by atoms with Crippen LogP contribution in [0.15, 0.2) is 47.0 Å². The lowest BCUT2D eigenvalue weighted by Crippen LogP contribution is -2.46. The molecule has 1 atom stereocenters. The van der Waals surface area contributed by atoms with E-state index in [2.05, 4.69) is 20.7 Å². The van der Waals surface area contributed by atoms with Crippen molar-refractivity contribution in [1.29, 1.82) is 0 Å². The van der Waals surface area contributed by atoms with Crippen LogP contribution in [-0.4, -0.2) is 39.6 Å². The van der Waals surface area contributed by atoms with Crippen LogP contribution in [0.1, 0.15) is 11.6 Å². The number of methoxy groups -OCH3 is 1. The van der Waals surface area contributed by atoms with Gasteiger partial charge in [0.1, 0.15) is 6.33 Å². The summed E-state index contributed by atoms with van der Waals surface area (Å²) in [5.74, 6) is -0.235. The molecule has 1 aliphatic heterocycles. The topological polar surface area (TPSA) is 98.1 Å². The molecule has 0 saturated heterocycles. The van der Waals surface area contributed by atoms with Gasteiger partial charge in [0.15, 0.2) is 5.16 Å². The second-order valence-corrected chi connectivity index (χ2v) is 6.74. The second kappa shape index (κ2) is 7.79. The highest BCUT2D eigenvalue weighted by atomic mass is 35.5. The van der Waals surface area contributed by atoms with Gasteiger partial charge < -0.3 is 15.4 Å². The van der Waals surface area contributed by atoms with E-state index in [9.17, 15) is 9.59 Å². The third-order valence-corrected chi connectivity index (χ3v) is 5.20. The van der Waals surface area contributed by atoms with Crippen LogP contribution in [-0.2, 0) is 16.6 Å². The first kappa shape index (κ1) is 18.3. The van der Waals surface area contributed by atoms with Crippen molar-refractivity contribution in [1.82, 2.24) is 25.4 Å². The summed E-state index contributed by atoms with van der Waals surface area (Å²) >= 11 is 7.62. The van der Waals surface area contributed by atoms with E-state index in [1.165, 1.54) is 25.2 Å². The number of benzene rings is 1. The molecular weight excluding hydrogens is 378 g/mol. The van der Waals surface area contributed by atoms with E-state index >= 15 is 0 Å². The summed E-state index contributed by atoms with van der Waals surface area (Å²) in [6, 6.07) is 5.90. The average Bonchev–Trinajstić information content (AvgIpc) is 3.04. The molecule has 0 radical (unpaired) electrons. The molecule has 1 aromatic heterocycles. The summed E-state index contributed by atoms with van der Waals surface area (Å²) in [4.78, 5) is 28.7. The van der Waals surface area contributed by atoms with Gasteiger partial charge in [-0.1, -0.05) is 41.6 Å². The van der Waals surface area contributed by atoms with Crippen LogP contribution >= 0.6 is 23.4 Å². The summed E-state index contributed by atoms with van der Waals surface area (Å²) in [6.45, 7) is 0. The Balaban J connectivity index is 2.00. The van der Waals surface area contributed by atoms with Crippen molar-refractivity contribution in [3.63, 3.8) is 0 Å². The smallest absolute Gasteiger partial charge is 0.338 e. The lowest BCUT2D eigenvalue weighted by atomic mass is 9.95.